The third-order valence-corrected chi connectivity index (χ3v) is 8.66. The van der Waals surface area contributed by atoms with Crippen molar-refractivity contribution in [2.45, 2.75) is 207 Å². The van der Waals surface area contributed by atoms with Crippen molar-refractivity contribution in [1.29, 1.82) is 0 Å². The van der Waals surface area contributed by atoms with Gasteiger partial charge in [-0.3, -0.25) is 14.4 Å². The highest BCUT2D eigenvalue weighted by Gasteiger charge is 2.19. The molecule has 284 valence electrons. The van der Waals surface area contributed by atoms with Gasteiger partial charge in [0, 0.05) is 19.3 Å². The predicted octanol–water partition coefficient (Wildman–Crippen LogP) is 12.6. The predicted molar refractivity (Wildman–Crippen MR) is 206 cm³/mol. The number of carbonyl (C=O) groups excluding carboxylic acids is 3. The molecule has 0 aromatic rings. The van der Waals surface area contributed by atoms with Gasteiger partial charge in [-0.15, -0.1) is 0 Å². The Morgan fingerprint density at radius 3 is 1.24 bits per heavy atom. The van der Waals surface area contributed by atoms with Crippen molar-refractivity contribution < 1.29 is 28.6 Å². The van der Waals surface area contributed by atoms with Crippen molar-refractivity contribution in [3.8, 4) is 0 Å². The first kappa shape index (κ1) is 46.6. The van der Waals surface area contributed by atoms with Gasteiger partial charge in [0.05, 0.1) is 0 Å². The number of hydrogen-bond acceptors (Lipinski definition) is 6. The van der Waals surface area contributed by atoms with E-state index in [0.717, 1.165) is 89.9 Å². The quantitative estimate of drug-likeness (QED) is 0.0282. The number of ether oxygens (including phenoxy) is 3. The first-order valence-electron chi connectivity index (χ1n) is 20.5. The monoisotopic (exact) mass is 689 g/mol. The molecule has 0 radical (unpaired) electrons. The molecule has 0 rings (SSSR count). The van der Waals surface area contributed by atoms with Crippen LogP contribution in [0.25, 0.3) is 0 Å². The normalized spacial score (nSPS) is 12.3. The minimum atomic E-state index is -0.765. The summed E-state index contributed by atoms with van der Waals surface area (Å²) < 4.78 is 16.5. The van der Waals surface area contributed by atoms with Gasteiger partial charge in [-0.25, -0.2) is 0 Å². The maximum absolute atomic E-state index is 12.6. The van der Waals surface area contributed by atoms with Gasteiger partial charge in [-0.1, -0.05) is 166 Å². The number of allylic oxidation sites excluding steroid dienone is 6. The van der Waals surface area contributed by atoms with E-state index in [4.69, 9.17) is 14.2 Å². The fourth-order valence-corrected chi connectivity index (χ4v) is 5.57. The van der Waals surface area contributed by atoms with Crippen LogP contribution >= 0.6 is 0 Å². The Balaban J connectivity index is 4.21. The van der Waals surface area contributed by atoms with Crippen LogP contribution in [-0.2, 0) is 28.6 Å². The summed E-state index contributed by atoms with van der Waals surface area (Å²) in [6.07, 6.45) is 41.6. The second kappa shape index (κ2) is 38.4. The molecular weight excluding hydrogens is 612 g/mol. The molecular formula is C43H76O6. The van der Waals surface area contributed by atoms with Crippen molar-refractivity contribution in [1.82, 2.24) is 0 Å². The minimum absolute atomic E-state index is 0.0750. The molecule has 1 unspecified atom stereocenters. The second-order valence-electron chi connectivity index (χ2n) is 13.5. The molecule has 0 bridgehead atoms. The summed E-state index contributed by atoms with van der Waals surface area (Å²) >= 11 is 0. The molecule has 0 saturated carbocycles. The van der Waals surface area contributed by atoms with Gasteiger partial charge in [-0.05, 0) is 51.4 Å². The Morgan fingerprint density at radius 1 is 0.429 bits per heavy atom. The van der Waals surface area contributed by atoms with Crippen molar-refractivity contribution in [2.24, 2.45) is 0 Å². The SMILES string of the molecule is CC/C=C\C/C=C\C/C=C\CCCCCCCCCC(=O)OCC(COC(=O)CCCCCCC)OC(=O)CCCCCCCCCCC. The van der Waals surface area contributed by atoms with Gasteiger partial charge in [0.2, 0.25) is 0 Å². The van der Waals surface area contributed by atoms with E-state index >= 15 is 0 Å². The first-order valence-corrected chi connectivity index (χ1v) is 20.5. The highest BCUT2D eigenvalue weighted by molar-refractivity contribution is 5.71. The smallest absolute Gasteiger partial charge is 0.306 e. The van der Waals surface area contributed by atoms with E-state index in [0.29, 0.717) is 19.3 Å². The summed E-state index contributed by atoms with van der Waals surface area (Å²) in [5, 5.41) is 0. The van der Waals surface area contributed by atoms with E-state index in [-0.39, 0.29) is 31.1 Å². The molecule has 6 heteroatoms. The number of unbranched alkanes of at least 4 members (excludes halogenated alkanes) is 19. The minimum Gasteiger partial charge on any atom is -0.462 e. The number of rotatable bonds is 36. The van der Waals surface area contributed by atoms with Crippen LogP contribution in [0, 0.1) is 0 Å². The third-order valence-electron chi connectivity index (χ3n) is 8.66. The zero-order chi connectivity index (χ0) is 35.9. The highest BCUT2D eigenvalue weighted by Crippen LogP contribution is 2.13. The number of esters is 3. The van der Waals surface area contributed by atoms with Crippen LogP contribution in [0.5, 0.6) is 0 Å². The fraction of sp³-hybridized carbons (Fsp3) is 0.791. The molecule has 0 aromatic carbocycles. The maximum Gasteiger partial charge on any atom is 0.306 e. The number of hydrogen-bond donors (Lipinski definition) is 0. The van der Waals surface area contributed by atoms with Gasteiger partial charge >= 0.3 is 17.9 Å². The molecule has 0 heterocycles. The van der Waals surface area contributed by atoms with Crippen LogP contribution in [0.4, 0.5) is 0 Å². The summed E-state index contributed by atoms with van der Waals surface area (Å²) in [6, 6.07) is 0. The summed E-state index contributed by atoms with van der Waals surface area (Å²) in [6.45, 7) is 6.39. The van der Waals surface area contributed by atoms with Gasteiger partial charge in [0.15, 0.2) is 6.10 Å². The Morgan fingerprint density at radius 2 is 0.796 bits per heavy atom. The van der Waals surface area contributed by atoms with E-state index in [2.05, 4.69) is 57.2 Å². The lowest BCUT2D eigenvalue weighted by Gasteiger charge is -2.18. The van der Waals surface area contributed by atoms with Gasteiger partial charge in [-0.2, -0.15) is 0 Å². The summed E-state index contributed by atoms with van der Waals surface area (Å²) in [5.41, 5.74) is 0. The van der Waals surface area contributed by atoms with Crippen LogP contribution in [0.1, 0.15) is 201 Å². The zero-order valence-corrected chi connectivity index (χ0v) is 32.2. The zero-order valence-electron chi connectivity index (χ0n) is 32.2. The third kappa shape index (κ3) is 36.7. The Bertz CT molecular complexity index is 845. The average molecular weight is 689 g/mol. The molecule has 49 heavy (non-hydrogen) atoms. The van der Waals surface area contributed by atoms with Crippen LogP contribution < -0.4 is 0 Å². The van der Waals surface area contributed by atoms with Crippen molar-refractivity contribution in [3.63, 3.8) is 0 Å². The molecule has 0 aliphatic rings. The lowest BCUT2D eigenvalue weighted by Crippen LogP contribution is -2.30. The Hall–Kier alpha value is -2.37. The van der Waals surface area contributed by atoms with Crippen LogP contribution in [0.15, 0.2) is 36.5 Å². The molecule has 0 aliphatic heterocycles. The lowest BCUT2D eigenvalue weighted by molar-refractivity contribution is -0.167. The molecule has 6 nitrogen and oxygen atoms in total. The summed E-state index contributed by atoms with van der Waals surface area (Å²) in [7, 11) is 0. The molecule has 0 spiro atoms. The molecule has 0 amide bonds. The topological polar surface area (TPSA) is 78.9 Å². The first-order chi connectivity index (χ1) is 24.0. The maximum atomic E-state index is 12.6. The van der Waals surface area contributed by atoms with Crippen LogP contribution in [0.3, 0.4) is 0 Å². The fourth-order valence-electron chi connectivity index (χ4n) is 5.57. The van der Waals surface area contributed by atoms with Crippen LogP contribution in [0.2, 0.25) is 0 Å². The Kier molecular flexibility index (Phi) is 36.6. The molecule has 0 aromatic heterocycles. The van der Waals surface area contributed by atoms with Crippen molar-refractivity contribution in [3.05, 3.63) is 36.5 Å². The van der Waals surface area contributed by atoms with E-state index in [9.17, 15) is 14.4 Å². The standard InChI is InChI=1S/C43H76O6/c1-4-7-10-13-15-17-18-19-20-21-22-23-24-26-27-30-33-36-42(45)48-39-40(38-47-41(44)35-32-29-12-9-6-3)49-43(46)37-34-31-28-25-16-14-11-8-5-2/h7,10,15,17,19-20,40H,4-6,8-9,11-14,16,18,21-39H2,1-3H3/b10-7-,17-15-,20-19-. The number of carbonyl (C=O) groups is 3. The van der Waals surface area contributed by atoms with Gasteiger partial charge < -0.3 is 14.2 Å². The lowest BCUT2D eigenvalue weighted by atomic mass is 10.1. The van der Waals surface area contributed by atoms with Crippen LogP contribution in [-0.4, -0.2) is 37.2 Å². The van der Waals surface area contributed by atoms with Gasteiger partial charge in [0.1, 0.15) is 13.2 Å². The van der Waals surface area contributed by atoms with Crippen molar-refractivity contribution >= 4 is 17.9 Å². The van der Waals surface area contributed by atoms with E-state index in [1.807, 2.05) is 0 Å². The highest BCUT2D eigenvalue weighted by atomic mass is 16.6. The largest absolute Gasteiger partial charge is 0.462 e. The molecule has 1 atom stereocenters. The van der Waals surface area contributed by atoms with E-state index in [1.165, 1.54) is 70.6 Å². The molecule has 0 aliphatic carbocycles. The Labute approximate surface area is 302 Å². The molecule has 0 fully saturated rings. The van der Waals surface area contributed by atoms with E-state index in [1.54, 1.807) is 0 Å². The summed E-state index contributed by atoms with van der Waals surface area (Å²) in [4.78, 5) is 37.3. The van der Waals surface area contributed by atoms with E-state index < -0.39 is 6.10 Å². The molecule has 0 saturated heterocycles. The summed E-state index contributed by atoms with van der Waals surface area (Å²) in [5.74, 6) is -0.904. The van der Waals surface area contributed by atoms with Gasteiger partial charge in [0.25, 0.3) is 0 Å². The molecule has 0 N–H and O–H groups in total. The second-order valence-corrected chi connectivity index (χ2v) is 13.5. The average Bonchev–Trinajstić information content (AvgIpc) is 3.09. The van der Waals surface area contributed by atoms with Crippen molar-refractivity contribution in [2.75, 3.05) is 13.2 Å².